The summed E-state index contributed by atoms with van der Waals surface area (Å²) in [5.41, 5.74) is 1.20. The Balaban J connectivity index is 1.64. The van der Waals surface area contributed by atoms with E-state index in [2.05, 4.69) is 33.5 Å². The highest BCUT2D eigenvalue weighted by Crippen LogP contribution is 2.36. The first-order valence-corrected chi connectivity index (χ1v) is 8.10. The van der Waals surface area contributed by atoms with Crippen molar-refractivity contribution in [3.05, 3.63) is 41.9 Å². The summed E-state index contributed by atoms with van der Waals surface area (Å²) in [7, 11) is 3.93. The highest BCUT2D eigenvalue weighted by atomic mass is 16.5. The third-order valence-electron chi connectivity index (χ3n) is 4.52. The van der Waals surface area contributed by atoms with Crippen LogP contribution in [-0.2, 0) is 0 Å². The summed E-state index contributed by atoms with van der Waals surface area (Å²) in [6.07, 6.45) is 4.75. The lowest BCUT2D eigenvalue weighted by molar-refractivity contribution is 0.200. The third-order valence-corrected chi connectivity index (χ3v) is 4.52. The van der Waals surface area contributed by atoms with E-state index in [1.807, 2.05) is 12.3 Å². The van der Waals surface area contributed by atoms with Crippen molar-refractivity contribution in [3.63, 3.8) is 0 Å². The lowest BCUT2D eigenvalue weighted by atomic mass is 9.94. The van der Waals surface area contributed by atoms with Crippen molar-refractivity contribution in [1.29, 1.82) is 0 Å². The van der Waals surface area contributed by atoms with Gasteiger partial charge in [0.25, 0.3) is 0 Å². The first-order chi connectivity index (χ1) is 11.5. The number of likely N-dealkylation sites (tertiary alicyclic amines) is 1. The van der Waals surface area contributed by atoms with E-state index in [0.29, 0.717) is 24.0 Å². The molecule has 7 heteroatoms. The maximum Gasteiger partial charge on any atom is 0.322 e. The van der Waals surface area contributed by atoms with Crippen molar-refractivity contribution in [2.75, 3.05) is 32.5 Å². The molecule has 0 saturated carbocycles. The zero-order valence-corrected chi connectivity index (χ0v) is 14.3. The molecule has 3 heterocycles. The van der Waals surface area contributed by atoms with Crippen LogP contribution in [0.3, 0.4) is 0 Å². The lowest BCUT2D eigenvalue weighted by Gasteiger charge is -2.28. The van der Waals surface area contributed by atoms with Crippen LogP contribution in [0.2, 0.25) is 0 Å². The van der Waals surface area contributed by atoms with E-state index < -0.39 is 0 Å². The molecule has 7 nitrogen and oxygen atoms in total. The van der Waals surface area contributed by atoms with E-state index in [1.54, 1.807) is 31.1 Å². The summed E-state index contributed by atoms with van der Waals surface area (Å²) in [5, 5.41) is 6.55. The van der Waals surface area contributed by atoms with E-state index in [9.17, 15) is 4.79 Å². The van der Waals surface area contributed by atoms with Gasteiger partial charge in [0.15, 0.2) is 5.82 Å². The topological polar surface area (TPSA) is 74.5 Å². The molecule has 0 spiro atoms. The lowest BCUT2D eigenvalue weighted by Crippen LogP contribution is -2.37. The summed E-state index contributed by atoms with van der Waals surface area (Å²) >= 11 is 0. The van der Waals surface area contributed by atoms with Gasteiger partial charge in [-0.3, -0.25) is 15.2 Å². The van der Waals surface area contributed by atoms with Crippen LogP contribution in [0.25, 0.3) is 0 Å². The standard InChI is InChI=1S/C17H23N5O2/c1-12-9-15(20-24-12)19-17(23)22(3)11-14-6-8-21(2)16(14)13-5-4-7-18-10-13/h4-5,7,9-10,14,16H,6,8,11H2,1-3H3,(H,19,20,23)/t14-,16-/m0/s1. The van der Waals surface area contributed by atoms with Gasteiger partial charge in [0, 0.05) is 38.1 Å². The molecule has 1 fully saturated rings. The Bertz CT molecular complexity index is 687. The Morgan fingerprint density at radius 1 is 1.54 bits per heavy atom. The number of pyridine rings is 1. The molecule has 0 unspecified atom stereocenters. The van der Waals surface area contributed by atoms with Crippen LogP contribution in [0, 0.1) is 12.8 Å². The number of hydrogen-bond acceptors (Lipinski definition) is 5. The van der Waals surface area contributed by atoms with E-state index in [0.717, 1.165) is 13.0 Å². The van der Waals surface area contributed by atoms with Crippen LogP contribution in [0.5, 0.6) is 0 Å². The van der Waals surface area contributed by atoms with Gasteiger partial charge in [-0.25, -0.2) is 4.79 Å². The molecule has 1 aliphatic heterocycles. The molecule has 1 N–H and O–H groups in total. The second-order valence-electron chi connectivity index (χ2n) is 6.39. The largest absolute Gasteiger partial charge is 0.360 e. The van der Waals surface area contributed by atoms with Gasteiger partial charge in [-0.05, 0) is 44.5 Å². The molecule has 0 bridgehead atoms. The van der Waals surface area contributed by atoms with Gasteiger partial charge in [0.2, 0.25) is 0 Å². The smallest absolute Gasteiger partial charge is 0.322 e. The van der Waals surface area contributed by atoms with Crippen LogP contribution < -0.4 is 5.32 Å². The monoisotopic (exact) mass is 329 g/mol. The molecule has 0 aliphatic carbocycles. The second-order valence-corrected chi connectivity index (χ2v) is 6.39. The maximum absolute atomic E-state index is 12.3. The number of nitrogens with zero attached hydrogens (tertiary/aromatic N) is 4. The summed E-state index contributed by atoms with van der Waals surface area (Å²) in [4.78, 5) is 20.6. The quantitative estimate of drug-likeness (QED) is 0.933. The normalized spacial score (nSPS) is 21.0. The Labute approximate surface area is 141 Å². The summed E-state index contributed by atoms with van der Waals surface area (Å²) in [5.74, 6) is 1.48. The fourth-order valence-corrected chi connectivity index (χ4v) is 3.36. The van der Waals surface area contributed by atoms with E-state index in [1.165, 1.54) is 5.56 Å². The Kier molecular flexibility index (Phi) is 4.80. The summed E-state index contributed by atoms with van der Waals surface area (Å²) < 4.78 is 4.97. The molecule has 3 rings (SSSR count). The minimum Gasteiger partial charge on any atom is -0.360 e. The number of hydrogen-bond donors (Lipinski definition) is 1. The predicted molar refractivity (Wildman–Crippen MR) is 90.6 cm³/mol. The van der Waals surface area contributed by atoms with E-state index in [-0.39, 0.29) is 12.1 Å². The second kappa shape index (κ2) is 7.00. The molecule has 0 aromatic carbocycles. The predicted octanol–water partition coefficient (Wildman–Crippen LogP) is 2.53. The van der Waals surface area contributed by atoms with Crippen molar-refractivity contribution in [2.45, 2.75) is 19.4 Å². The van der Waals surface area contributed by atoms with Gasteiger partial charge in [-0.15, -0.1) is 0 Å². The molecule has 2 amide bonds. The Morgan fingerprint density at radius 2 is 2.38 bits per heavy atom. The number of aromatic nitrogens is 2. The van der Waals surface area contributed by atoms with E-state index in [4.69, 9.17) is 4.52 Å². The minimum absolute atomic E-state index is 0.178. The van der Waals surface area contributed by atoms with Crippen LogP contribution >= 0.6 is 0 Å². The average Bonchev–Trinajstić information content (AvgIpc) is 3.14. The van der Waals surface area contributed by atoms with Crippen LogP contribution in [0.15, 0.2) is 35.1 Å². The van der Waals surface area contributed by atoms with Crippen LogP contribution in [0.1, 0.15) is 23.8 Å². The molecule has 128 valence electrons. The average molecular weight is 329 g/mol. The molecule has 1 aliphatic rings. The van der Waals surface area contributed by atoms with E-state index >= 15 is 0 Å². The first-order valence-electron chi connectivity index (χ1n) is 8.10. The van der Waals surface area contributed by atoms with Crippen LogP contribution in [0.4, 0.5) is 10.6 Å². The van der Waals surface area contributed by atoms with Crippen molar-refractivity contribution < 1.29 is 9.32 Å². The van der Waals surface area contributed by atoms with Gasteiger partial charge in [-0.2, -0.15) is 0 Å². The van der Waals surface area contributed by atoms with Gasteiger partial charge in [0.1, 0.15) is 5.76 Å². The number of urea groups is 1. The Hall–Kier alpha value is -2.41. The first kappa shape index (κ1) is 16.4. The molecule has 0 radical (unpaired) electrons. The van der Waals surface area contributed by atoms with Gasteiger partial charge in [-0.1, -0.05) is 11.2 Å². The Morgan fingerprint density at radius 3 is 3.04 bits per heavy atom. The molecule has 24 heavy (non-hydrogen) atoms. The third kappa shape index (κ3) is 3.56. The number of nitrogens with one attached hydrogen (secondary N) is 1. The highest BCUT2D eigenvalue weighted by Gasteiger charge is 2.34. The summed E-state index contributed by atoms with van der Waals surface area (Å²) in [6.45, 7) is 3.48. The maximum atomic E-state index is 12.3. The van der Waals surface area contributed by atoms with Crippen LogP contribution in [-0.4, -0.2) is 53.2 Å². The van der Waals surface area contributed by atoms with Gasteiger partial charge >= 0.3 is 6.03 Å². The molecule has 2 aromatic heterocycles. The number of aryl methyl sites for hydroxylation is 1. The molecular weight excluding hydrogens is 306 g/mol. The van der Waals surface area contributed by atoms with Gasteiger partial charge < -0.3 is 9.42 Å². The highest BCUT2D eigenvalue weighted by molar-refractivity contribution is 5.88. The zero-order chi connectivity index (χ0) is 17.1. The number of anilines is 1. The zero-order valence-electron chi connectivity index (χ0n) is 14.3. The molecule has 2 atom stereocenters. The number of carbonyl (C=O) groups excluding carboxylic acids is 1. The molecular formula is C17H23N5O2. The number of carbonyl (C=O) groups is 1. The summed E-state index contributed by atoms with van der Waals surface area (Å²) in [6, 6.07) is 5.87. The minimum atomic E-state index is -0.178. The SMILES string of the molecule is Cc1cc(NC(=O)N(C)C[C@@H]2CCN(C)[C@H]2c2cccnc2)no1. The number of rotatable bonds is 4. The fourth-order valence-electron chi connectivity index (χ4n) is 3.36. The molecule has 2 aromatic rings. The van der Waals surface area contributed by atoms with Crippen molar-refractivity contribution in [1.82, 2.24) is 19.9 Å². The van der Waals surface area contributed by atoms with Crippen molar-refractivity contribution in [3.8, 4) is 0 Å². The van der Waals surface area contributed by atoms with Gasteiger partial charge in [0.05, 0.1) is 0 Å². The van der Waals surface area contributed by atoms with Crippen molar-refractivity contribution >= 4 is 11.8 Å². The number of amides is 2. The van der Waals surface area contributed by atoms with Crippen molar-refractivity contribution in [2.24, 2.45) is 5.92 Å². The fraction of sp³-hybridized carbons (Fsp3) is 0.471. The molecule has 1 saturated heterocycles.